The fourth-order valence-electron chi connectivity index (χ4n) is 4.06. The predicted molar refractivity (Wildman–Crippen MR) is 134 cm³/mol. The number of aryl methyl sites for hydroxylation is 1. The van der Waals surface area contributed by atoms with Crippen LogP contribution in [-0.4, -0.2) is 30.3 Å². The van der Waals surface area contributed by atoms with Crippen LogP contribution in [0, 0.1) is 13.8 Å². The molecule has 1 amide bonds. The zero-order valence-corrected chi connectivity index (χ0v) is 20.2. The first-order valence-corrected chi connectivity index (χ1v) is 11.5. The Bertz CT molecular complexity index is 1580. The molecule has 0 saturated carbocycles. The van der Waals surface area contributed by atoms with Gasteiger partial charge < -0.3 is 5.32 Å². The van der Waals surface area contributed by atoms with Gasteiger partial charge in [-0.2, -0.15) is 10.2 Å². The fraction of sp³-hybridized carbons (Fsp3) is 0.154. The first-order valence-electron chi connectivity index (χ1n) is 11.1. The second-order valence-corrected chi connectivity index (χ2v) is 8.68. The van der Waals surface area contributed by atoms with Gasteiger partial charge in [0.1, 0.15) is 11.3 Å². The number of carbonyl (C=O) groups excluding carboxylic acids is 1. The Hall–Kier alpha value is -4.11. The second kappa shape index (κ2) is 9.50. The molecule has 0 fully saturated rings. The molecule has 0 saturated heterocycles. The molecule has 0 unspecified atom stereocenters. The highest BCUT2D eigenvalue weighted by Crippen LogP contribution is 2.28. The van der Waals surface area contributed by atoms with Crippen molar-refractivity contribution in [1.82, 2.24) is 24.4 Å². The summed E-state index contributed by atoms with van der Waals surface area (Å²) in [5.41, 5.74) is 3.50. The summed E-state index contributed by atoms with van der Waals surface area (Å²) in [4.78, 5) is 17.8. The number of rotatable bonds is 6. The second-order valence-electron chi connectivity index (χ2n) is 8.28. The largest absolute Gasteiger partial charge is 0.319 e. The topological polar surface area (TPSA) is 77.1 Å². The highest BCUT2D eigenvalue weighted by molar-refractivity contribution is 6.31. The highest BCUT2D eigenvalue weighted by Gasteiger charge is 2.23. The maximum Gasteiger partial charge on any atom is 0.280 e. The van der Waals surface area contributed by atoms with Crippen molar-refractivity contribution in [3.05, 3.63) is 100 Å². The van der Waals surface area contributed by atoms with E-state index in [1.165, 1.54) is 12.3 Å². The summed E-state index contributed by atoms with van der Waals surface area (Å²) in [6.45, 7) is 4.05. The van der Waals surface area contributed by atoms with Crippen molar-refractivity contribution >= 4 is 28.8 Å². The minimum Gasteiger partial charge on any atom is -0.319 e. The number of halogens is 3. The van der Waals surface area contributed by atoms with Crippen molar-refractivity contribution < 1.29 is 13.6 Å². The third kappa shape index (κ3) is 4.33. The summed E-state index contributed by atoms with van der Waals surface area (Å²) in [5, 5.41) is 12.1. The van der Waals surface area contributed by atoms with Crippen molar-refractivity contribution in [3.63, 3.8) is 0 Å². The number of anilines is 1. The summed E-state index contributed by atoms with van der Waals surface area (Å²) < 4.78 is 30.5. The van der Waals surface area contributed by atoms with Crippen LogP contribution in [0.5, 0.6) is 0 Å². The third-order valence-electron chi connectivity index (χ3n) is 5.94. The van der Waals surface area contributed by atoms with Gasteiger partial charge in [0.25, 0.3) is 12.3 Å². The number of amides is 1. The predicted octanol–water partition coefficient (Wildman–Crippen LogP) is 6.10. The Morgan fingerprint density at radius 3 is 2.53 bits per heavy atom. The SMILES string of the molecule is Cc1nn(Cc2ccccc2Cl)c(C)c1NC(=O)c1cnn2c(C(F)F)cc(-c3ccccc3)nc12. The van der Waals surface area contributed by atoms with E-state index < -0.39 is 12.3 Å². The standard InChI is InChI=1S/C26H21ClF2N6O/c1-15-23(16(2)34(33-15)14-18-10-6-7-11-20(18)27)32-26(36)19-13-30-35-22(24(28)29)12-21(31-25(19)35)17-8-4-3-5-9-17/h3-13,24H,14H2,1-2H3,(H,32,36). The number of carbonyl (C=O) groups is 1. The Balaban J connectivity index is 1.50. The third-order valence-corrected chi connectivity index (χ3v) is 6.30. The van der Waals surface area contributed by atoms with Crippen LogP contribution in [0.1, 0.15) is 39.4 Å². The van der Waals surface area contributed by atoms with Crippen LogP contribution in [0.2, 0.25) is 5.02 Å². The number of fused-ring (bicyclic) bond motifs is 1. The molecule has 10 heteroatoms. The zero-order valence-electron chi connectivity index (χ0n) is 19.4. The molecule has 182 valence electrons. The van der Waals surface area contributed by atoms with E-state index in [1.807, 2.05) is 31.2 Å². The monoisotopic (exact) mass is 506 g/mol. The Morgan fingerprint density at radius 2 is 1.81 bits per heavy atom. The summed E-state index contributed by atoms with van der Waals surface area (Å²) in [7, 11) is 0. The molecule has 1 N–H and O–H groups in total. The van der Waals surface area contributed by atoms with Crippen molar-refractivity contribution in [1.29, 1.82) is 0 Å². The first kappa shape index (κ1) is 23.6. The first-order chi connectivity index (χ1) is 17.3. The number of hydrogen-bond donors (Lipinski definition) is 1. The van der Waals surface area contributed by atoms with Crippen molar-refractivity contribution in [2.24, 2.45) is 0 Å². The number of nitrogens with zero attached hydrogens (tertiary/aromatic N) is 5. The molecule has 0 spiro atoms. The van der Waals surface area contributed by atoms with E-state index in [-0.39, 0.29) is 16.9 Å². The van der Waals surface area contributed by atoms with Gasteiger partial charge in [-0.3, -0.25) is 9.48 Å². The molecule has 0 atom stereocenters. The van der Waals surface area contributed by atoms with Gasteiger partial charge in [0, 0.05) is 10.6 Å². The molecule has 0 aliphatic carbocycles. The number of benzene rings is 2. The number of aromatic nitrogens is 5. The molecule has 0 radical (unpaired) electrons. The summed E-state index contributed by atoms with van der Waals surface area (Å²) in [5.74, 6) is -0.522. The van der Waals surface area contributed by atoms with Crippen LogP contribution in [0.3, 0.4) is 0 Å². The highest BCUT2D eigenvalue weighted by atomic mass is 35.5. The Labute approximate surface area is 210 Å². The maximum absolute atomic E-state index is 13.9. The number of hydrogen-bond acceptors (Lipinski definition) is 4. The Morgan fingerprint density at radius 1 is 1.08 bits per heavy atom. The molecular formula is C26H21ClF2N6O. The van der Waals surface area contributed by atoms with Gasteiger partial charge in [0.2, 0.25) is 0 Å². The average molecular weight is 507 g/mol. The van der Waals surface area contributed by atoms with Gasteiger partial charge in [0.15, 0.2) is 5.65 Å². The molecule has 5 aromatic rings. The molecule has 3 heterocycles. The van der Waals surface area contributed by atoms with E-state index in [2.05, 4.69) is 20.5 Å². The maximum atomic E-state index is 13.9. The van der Waals surface area contributed by atoms with E-state index >= 15 is 0 Å². The molecule has 3 aromatic heterocycles. The summed E-state index contributed by atoms with van der Waals surface area (Å²) >= 11 is 6.29. The molecule has 0 bridgehead atoms. The van der Waals surface area contributed by atoms with Crippen molar-refractivity contribution in [3.8, 4) is 11.3 Å². The lowest BCUT2D eigenvalue weighted by molar-refractivity contribution is 0.102. The molecule has 0 aliphatic heterocycles. The molecule has 7 nitrogen and oxygen atoms in total. The number of alkyl halides is 2. The van der Waals surface area contributed by atoms with Crippen LogP contribution < -0.4 is 5.32 Å². The molecule has 0 aliphatic rings. The molecule has 36 heavy (non-hydrogen) atoms. The van der Waals surface area contributed by atoms with Crippen molar-refractivity contribution in [2.45, 2.75) is 26.8 Å². The Kier molecular flexibility index (Phi) is 6.24. The minimum absolute atomic E-state index is 0.0444. The molecule has 2 aromatic carbocycles. The van der Waals surface area contributed by atoms with Crippen molar-refractivity contribution in [2.75, 3.05) is 5.32 Å². The normalized spacial score (nSPS) is 11.4. The van der Waals surface area contributed by atoms with Gasteiger partial charge in [-0.25, -0.2) is 18.3 Å². The zero-order chi connectivity index (χ0) is 25.4. The quantitative estimate of drug-likeness (QED) is 0.302. The van der Waals surface area contributed by atoms with Crippen LogP contribution in [-0.2, 0) is 6.54 Å². The lowest BCUT2D eigenvalue weighted by Gasteiger charge is -2.09. The van der Waals surface area contributed by atoms with Crippen LogP contribution in [0.25, 0.3) is 16.9 Å². The van der Waals surface area contributed by atoms with Gasteiger partial charge >= 0.3 is 0 Å². The van der Waals surface area contributed by atoms with E-state index in [9.17, 15) is 13.6 Å². The fourth-order valence-corrected chi connectivity index (χ4v) is 4.25. The lowest BCUT2D eigenvalue weighted by atomic mass is 10.1. The number of nitrogens with one attached hydrogen (secondary N) is 1. The minimum atomic E-state index is -2.80. The molecule has 5 rings (SSSR count). The lowest BCUT2D eigenvalue weighted by Crippen LogP contribution is -2.14. The van der Waals surface area contributed by atoms with Gasteiger partial charge in [-0.1, -0.05) is 60.1 Å². The van der Waals surface area contributed by atoms with E-state index in [1.54, 1.807) is 41.9 Å². The van der Waals surface area contributed by atoms with Gasteiger partial charge in [-0.15, -0.1) is 0 Å². The molecular weight excluding hydrogens is 486 g/mol. The summed E-state index contributed by atoms with van der Waals surface area (Å²) in [6, 6.07) is 17.7. The van der Waals surface area contributed by atoms with Crippen LogP contribution >= 0.6 is 11.6 Å². The average Bonchev–Trinajstić information content (AvgIpc) is 3.41. The van der Waals surface area contributed by atoms with E-state index in [4.69, 9.17) is 11.6 Å². The smallest absolute Gasteiger partial charge is 0.280 e. The summed E-state index contributed by atoms with van der Waals surface area (Å²) in [6.07, 6.45) is -1.56. The van der Waals surface area contributed by atoms with E-state index in [0.29, 0.717) is 34.2 Å². The van der Waals surface area contributed by atoms with Gasteiger partial charge in [-0.05, 0) is 31.5 Å². The van der Waals surface area contributed by atoms with Crippen LogP contribution in [0.15, 0.2) is 66.9 Å². The van der Waals surface area contributed by atoms with E-state index in [0.717, 1.165) is 15.8 Å². The van der Waals surface area contributed by atoms with Crippen LogP contribution in [0.4, 0.5) is 14.5 Å². The van der Waals surface area contributed by atoms with Gasteiger partial charge in [0.05, 0.1) is 35.5 Å².